The second-order valence-corrected chi connectivity index (χ2v) is 6.08. The monoisotopic (exact) mass is 290 g/mol. The lowest BCUT2D eigenvalue weighted by Gasteiger charge is -2.11. The number of hydrogen-bond donors (Lipinski definition) is 2. The number of aromatic amines is 1. The minimum absolute atomic E-state index is 0.112. The Bertz CT molecular complexity index is 641. The molecule has 1 amide bonds. The van der Waals surface area contributed by atoms with E-state index < -0.39 is 0 Å². The van der Waals surface area contributed by atoms with Gasteiger partial charge in [-0.05, 0) is 43.5 Å². The molecule has 1 fully saturated rings. The van der Waals surface area contributed by atoms with Gasteiger partial charge in [0.2, 0.25) is 5.91 Å². The van der Waals surface area contributed by atoms with Crippen LogP contribution in [0.15, 0.2) is 18.2 Å². The molecule has 2 aromatic rings. The smallest absolute Gasteiger partial charge is 0.224 e. The van der Waals surface area contributed by atoms with Crippen LogP contribution in [0.4, 0.5) is 0 Å². The van der Waals surface area contributed by atoms with Crippen LogP contribution in [0.3, 0.4) is 0 Å². The first kappa shape index (κ1) is 13.5. The summed E-state index contributed by atoms with van der Waals surface area (Å²) in [6.07, 6.45) is 5.11. The van der Waals surface area contributed by atoms with Crippen molar-refractivity contribution < 1.29 is 4.79 Å². The SMILES string of the molecule is Cc1[nH]c2ccc(Cl)cc2c1CC(=O)NC1CCCC1. The molecule has 0 radical (unpaired) electrons. The summed E-state index contributed by atoms with van der Waals surface area (Å²) in [6, 6.07) is 6.13. The highest BCUT2D eigenvalue weighted by atomic mass is 35.5. The fraction of sp³-hybridized carbons (Fsp3) is 0.438. The second kappa shape index (κ2) is 5.49. The van der Waals surface area contributed by atoms with E-state index in [2.05, 4.69) is 10.3 Å². The highest BCUT2D eigenvalue weighted by Gasteiger charge is 2.19. The van der Waals surface area contributed by atoms with Crippen molar-refractivity contribution in [2.75, 3.05) is 0 Å². The number of H-pyrrole nitrogens is 1. The molecule has 20 heavy (non-hydrogen) atoms. The summed E-state index contributed by atoms with van der Waals surface area (Å²) in [6.45, 7) is 2.01. The van der Waals surface area contributed by atoms with E-state index in [1.807, 2.05) is 25.1 Å². The second-order valence-electron chi connectivity index (χ2n) is 5.64. The zero-order chi connectivity index (χ0) is 14.1. The number of amides is 1. The number of benzene rings is 1. The first-order chi connectivity index (χ1) is 9.63. The number of carbonyl (C=O) groups is 1. The molecule has 1 aliphatic rings. The van der Waals surface area contributed by atoms with E-state index >= 15 is 0 Å². The Labute approximate surface area is 123 Å². The quantitative estimate of drug-likeness (QED) is 0.889. The number of aryl methyl sites for hydroxylation is 1. The van der Waals surface area contributed by atoms with Gasteiger partial charge in [-0.15, -0.1) is 0 Å². The average Bonchev–Trinajstić information content (AvgIpc) is 3.00. The van der Waals surface area contributed by atoms with Gasteiger partial charge >= 0.3 is 0 Å². The molecule has 0 spiro atoms. The Balaban J connectivity index is 1.80. The van der Waals surface area contributed by atoms with E-state index in [9.17, 15) is 4.79 Å². The fourth-order valence-corrected chi connectivity index (χ4v) is 3.26. The normalized spacial score (nSPS) is 15.9. The van der Waals surface area contributed by atoms with Crippen molar-refractivity contribution >= 4 is 28.4 Å². The van der Waals surface area contributed by atoms with Crippen molar-refractivity contribution in [2.45, 2.75) is 45.1 Å². The number of carbonyl (C=O) groups excluding carboxylic acids is 1. The third-order valence-corrected chi connectivity index (χ3v) is 4.37. The van der Waals surface area contributed by atoms with Gasteiger partial charge in [0, 0.05) is 27.7 Å². The standard InChI is InChI=1S/C16H19ClN2O/c1-10-13(9-16(20)19-12-4-2-3-5-12)14-8-11(17)6-7-15(14)18-10/h6-8,12,18H,2-5,9H2,1H3,(H,19,20). The minimum Gasteiger partial charge on any atom is -0.358 e. The zero-order valence-corrected chi connectivity index (χ0v) is 12.4. The third kappa shape index (κ3) is 2.68. The van der Waals surface area contributed by atoms with Gasteiger partial charge in [-0.25, -0.2) is 0 Å². The van der Waals surface area contributed by atoms with Crippen molar-refractivity contribution in [3.63, 3.8) is 0 Å². The summed E-state index contributed by atoms with van der Waals surface area (Å²) in [5.74, 6) is 0.112. The summed E-state index contributed by atoms with van der Waals surface area (Å²) in [5.41, 5.74) is 3.14. The molecule has 0 atom stereocenters. The van der Waals surface area contributed by atoms with Crippen LogP contribution in [0.5, 0.6) is 0 Å². The largest absolute Gasteiger partial charge is 0.358 e. The van der Waals surface area contributed by atoms with E-state index in [4.69, 9.17) is 11.6 Å². The van der Waals surface area contributed by atoms with E-state index in [0.29, 0.717) is 17.5 Å². The van der Waals surface area contributed by atoms with E-state index in [1.165, 1.54) is 12.8 Å². The van der Waals surface area contributed by atoms with Gasteiger partial charge < -0.3 is 10.3 Å². The molecule has 3 nitrogen and oxygen atoms in total. The molecule has 3 rings (SSSR count). The topological polar surface area (TPSA) is 44.9 Å². The predicted octanol–water partition coefficient (Wildman–Crippen LogP) is 3.73. The maximum atomic E-state index is 12.2. The molecule has 1 saturated carbocycles. The summed E-state index contributed by atoms with van der Waals surface area (Å²) in [4.78, 5) is 15.5. The fourth-order valence-electron chi connectivity index (χ4n) is 3.09. The van der Waals surface area contributed by atoms with Crippen molar-refractivity contribution in [2.24, 2.45) is 0 Å². The van der Waals surface area contributed by atoms with Gasteiger partial charge in [0.05, 0.1) is 6.42 Å². The Morgan fingerprint density at radius 2 is 2.15 bits per heavy atom. The molecule has 106 valence electrons. The van der Waals surface area contributed by atoms with Crippen LogP contribution in [-0.2, 0) is 11.2 Å². The van der Waals surface area contributed by atoms with Gasteiger partial charge in [-0.3, -0.25) is 4.79 Å². The maximum Gasteiger partial charge on any atom is 0.224 e. The maximum absolute atomic E-state index is 12.2. The predicted molar refractivity (Wildman–Crippen MR) is 82.1 cm³/mol. The van der Waals surface area contributed by atoms with Gasteiger partial charge in [0.15, 0.2) is 0 Å². The minimum atomic E-state index is 0.112. The number of aromatic nitrogens is 1. The molecular formula is C16H19ClN2O. The number of halogens is 1. The molecule has 2 N–H and O–H groups in total. The Morgan fingerprint density at radius 3 is 2.90 bits per heavy atom. The van der Waals surface area contributed by atoms with Crippen molar-refractivity contribution in [3.05, 3.63) is 34.5 Å². The number of fused-ring (bicyclic) bond motifs is 1. The molecule has 1 aromatic carbocycles. The molecule has 1 aromatic heterocycles. The summed E-state index contributed by atoms with van der Waals surface area (Å²) in [7, 11) is 0. The van der Waals surface area contributed by atoms with Gasteiger partial charge in [0.1, 0.15) is 0 Å². The molecule has 4 heteroatoms. The molecule has 1 heterocycles. The number of rotatable bonds is 3. The third-order valence-electron chi connectivity index (χ3n) is 4.14. The molecular weight excluding hydrogens is 272 g/mol. The van der Waals surface area contributed by atoms with Crippen molar-refractivity contribution in [1.82, 2.24) is 10.3 Å². The molecule has 0 unspecified atom stereocenters. The van der Waals surface area contributed by atoms with Crippen LogP contribution in [0, 0.1) is 6.92 Å². The van der Waals surface area contributed by atoms with Gasteiger partial charge in [0.25, 0.3) is 0 Å². The first-order valence-corrected chi connectivity index (χ1v) is 7.57. The lowest BCUT2D eigenvalue weighted by atomic mass is 10.1. The Morgan fingerprint density at radius 1 is 1.40 bits per heavy atom. The number of hydrogen-bond acceptors (Lipinski definition) is 1. The molecule has 0 saturated heterocycles. The van der Waals surface area contributed by atoms with Gasteiger partial charge in [-0.2, -0.15) is 0 Å². The molecule has 0 aliphatic heterocycles. The van der Waals surface area contributed by atoms with Crippen LogP contribution in [0.25, 0.3) is 10.9 Å². The van der Waals surface area contributed by atoms with Crippen LogP contribution in [0.1, 0.15) is 36.9 Å². The lowest BCUT2D eigenvalue weighted by Crippen LogP contribution is -2.33. The van der Waals surface area contributed by atoms with E-state index in [1.54, 1.807) is 0 Å². The number of nitrogens with one attached hydrogen (secondary N) is 2. The summed E-state index contributed by atoms with van der Waals surface area (Å²) < 4.78 is 0. The summed E-state index contributed by atoms with van der Waals surface area (Å²) >= 11 is 6.06. The highest BCUT2D eigenvalue weighted by Crippen LogP contribution is 2.26. The van der Waals surface area contributed by atoms with Crippen LogP contribution < -0.4 is 5.32 Å². The lowest BCUT2D eigenvalue weighted by molar-refractivity contribution is -0.121. The van der Waals surface area contributed by atoms with Crippen LogP contribution in [0.2, 0.25) is 5.02 Å². The summed E-state index contributed by atoms with van der Waals surface area (Å²) in [5, 5.41) is 4.89. The Hall–Kier alpha value is -1.48. The first-order valence-electron chi connectivity index (χ1n) is 7.19. The average molecular weight is 291 g/mol. The van der Waals surface area contributed by atoms with Gasteiger partial charge in [-0.1, -0.05) is 24.4 Å². The van der Waals surface area contributed by atoms with Crippen LogP contribution in [-0.4, -0.2) is 16.9 Å². The zero-order valence-electron chi connectivity index (χ0n) is 11.6. The van der Waals surface area contributed by atoms with Crippen molar-refractivity contribution in [1.29, 1.82) is 0 Å². The van der Waals surface area contributed by atoms with Crippen molar-refractivity contribution in [3.8, 4) is 0 Å². The molecule has 0 bridgehead atoms. The molecule has 1 aliphatic carbocycles. The van der Waals surface area contributed by atoms with E-state index in [0.717, 1.165) is 35.0 Å². The van der Waals surface area contributed by atoms with E-state index in [-0.39, 0.29) is 5.91 Å². The highest BCUT2D eigenvalue weighted by molar-refractivity contribution is 6.31. The Kier molecular flexibility index (Phi) is 3.70. The van der Waals surface area contributed by atoms with Crippen LogP contribution >= 0.6 is 11.6 Å².